The van der Waals surface area contributed by atoms with Gasteiger partial charge in [-0.2, -0.15) is 0 Å². The van der Waals surface area contributed by atoms with Crippen LogP contribution in [0.15, 0.2) is 18.2 Å². The first-order chi connectivity index (χ1) is 13.2. The third kappa shape index (κ3) is 3.00. The van der Waals surface area contributed by atoms with E-state index in [1.807, 2.05) is 17.0 Å². The standard InChI is InChI=1S/C21H27N3O3/c25-19-3-1-2-17-15-9-16(12-22-11-15)20(24(17)19)21(26)23-10-13-4-5-18-14(8-13)6-7-27-18/h4-5,8,15-17,20,22H,1-3,6-7,9-12H2,(H,23,26)/t15-,16+,17+,20-/m1/s1. The van der Waals surface area contributed by atoms with Crippen LogP contribution in [-0.2, 0) is 22.6 Å². The van der Waals surface area contributed by atoms with Crippen molar-refractivity contribution in [2.75, 3.05) is 19.7 Å². The van der Waals surface area contributed by atoms with E-state index < -0.39 is 0 Å². The monoisotopic (exact) mass is 369 g/mol. The number of carbonyl (C=O) groups is 2. The molecular formula is C21H27N3O3. The first kappa shape index (κ1) is 17.0. The average Bonchev–Trinajstić information content (AvgIpc) is 3.15. The average molecular weight is 369 g/mol. The lowest BCUT2D eigenvalue weighted by atomic mass is 9.72. The van der Waals surface area contributed by atoms with Crippen LogP contribution in [0.3, 0.4) is 0 Å². The highest BCUT2D eigenvalue weighted by Gasteiger charge is 2.50. The Morgan fingerprint density at radius 2 is 2.15 bits per heavy atom. The minimum atomic E-state index is -0.329. The molecule has 3 saturated heterocycles. The molecule has 1 aromatic rings. The number of benzene rings is 1. The van der Waals surface area contributed by atoms with E-state index in [1.54, 1.807) is 0 Å². The summed E-state index contributed by atoms with van der Waals surface area (Å²) in [5.41, 5.74) is 2.30. The number of carbonyl (C=O) groups excluding carboxylic acids is 2. The van der Waals surface area contributed by atoms with Gasteiger partial charge in [-0.25, -0.2) is 0 Å². The van der Waals surface area contributed by atoms with Gasteiger partial charge in [0.05, 0.1) is 6.61 Å². The molecule has 2 N–H and O–H groups in total. The fourth-order valence-corrected chi connectivity index (χ4v) is 5.49. The van der Waals surface area contributed by atoms with Gasteiger partial charge in [-0.05, 0) is 48.9 Å². The zero-order chi connectivity index (χ0) is 18.4. The molecular weight excluding hydrogens is 342 g/mol. The fraction of sp³-hybridized carbons (Fsp3) is 0.619. The smallest absolute Gasteiger partial charge is 0.243 e. The maximum absolute atomic E-state index is 13.1. The quantitative estimate of drug-likeness (QED) is 0.841. The van der Waals surface area contributed by atoms with E-state index in [4.69, 9.17) is 4.74 Å². The summed E-state index contributed by atoms with van der Waals surface area (Å²) < 4.78 is 5.55. The minimum Gasteiger partial charge on any atom is -0.493 e. The van der Waals surface area contributed by atoms with Crippen molar-refractivity contribution in [3.05, 3.63) is 29.3 Å². The summed E-state index contributed by atoms with van der Waals surface area (Å²) in [5.74, 6) is 1.83. The lowest BCUT2D eigenvalue weighted by molar-refractivity contribution is -0.157. The molecule has 4 aliphatic heterocycles. The zero-order valence-corrected chi connectivity index (χ0v) is 15.6. The van der Waals surface area contributed by atoms with Crippen LogP contribution in [0, 0.1) is 11.8 Å². The van der Waals surface area contributed by atoms with Crippen molar-refractivity contribution in [3.63, 3.8) is 0 Å². The molecule has 0 unspecified atom stereocenters. The third-order valence-electron chi connectivity index (χ3n) is 6.73. The van der Waals surface area contributed by atoms with E-state index in [-0.39, 0.29) is 29.8 Å². The van der Waals surface area contributed by atoms with Crippen LogP contribution >= 0.6 is 0 Å². The van der Waals surface area contributed by atoms with Crippen LogP contribution in [0.25, 0.3) is 0 Å². The molecule has 144 valence electrons. The van der Waals surface area contributed by atoms with Crippen molar-refractivity contribution in [2.45, 2.75) is 50.7 Å². The molecule has 2 bridgehead atoms. The molecule has 27 heavy (non-hydrogen) atoms. The molecule has 0 aromatic heterocycles. The van der Waals surface area contributed by atoms with Crippen LogP contribution in [0.4, 0.5) is 0 Å². The minimum absolute atomic E-state index is 0.000788. The van der Waals surface area contributed by atoms with Crippen molar-refractivity contribution >= 4 is 11.8 Å². The number of piperidine rings is 3. The largest absolute Gasteiger partial charge is 0.493 e. The molecule has 3 fully saturated rings. The van der Waals surface area contributed by atoms with Gasteiger partial charge in [-0.3, -0.25) is 9.59 Å². The van der Waals surface area contributed by atoms with Crippen molar-refractivity contribution in [1.82, 2.24) is 15.5 Å². The first-order valence-corrected chi connectivity index (χ1v) is 10.2. The zero-order valence-electron chi connectivity index (χ0n) is 15.6. The molecule has 0 spiro atoms. The van der Waals surface area contributed by atoms with Gasteiger partial charge in [0, 0.05) is 37.9 Å². The Balaban J connectivity index is 1.32. The predicted octanol–water partition coefficient (Wildman–Crippen LogP) is 1.23. The number of hydrogen-bond acceptors (Lipinski definition) is 4. The van der Waals surface area contributed by atoms with E-state index in [0.717, 1.165) is 56.7 Å². The van der Waals surface area contributed by atoms with Gasteiger partial charge >= 0.3 is 0 Å². The molecule has 4 aliphatic rings. The highest BCUT2D eigenvalue weighted by Crippen LogP contribution is 2.39. The first-order valence-electron chi connectivity index (χ1n) is 10.2. The summed E-state index contributed by atoms with van der Waals surface area (Å²) in [4.78, 5) is 27.8. The van der Waals surface area contributed by atoms with E-state index in [9.17, 15) is 9.59 Å². The lowest BCUT2D eigenvalue weighted by Gasteiger charge is -2.53. The van der Waals surface area contributed by atoms with Crippen LogP contribution in [0.1, 0.15) is 36.8 Å². The van der Waals surface area contributed by atoms with Crippen LogP contribution in [-0.4, -0.2) is 48.5 Å². The SMILES string of the molecule is O=C(NCc1ccc2c(c1)CCO2)[C@H]1[C@@H]2CNC[C@@H](C2)[C@@H]2CCCC(=O)N21. The van der Waals surface area contributed by atoms with Crippen LogP contribution < -0.4 is 15.4 Å². The second-order valence-electron chi connectivity index (χ2n) is 8.38. The summed E-state index contributed by atoms with van der Waals surface area (Å²) in [7, 11) is 0. The van der Waals surface area contributed by atoms with Crippen LogP contribution in [0.5, 0.6) is 5.75 Å². The lowest BCUT2D eigenvalue weighted by Crippen LogP contribution is -2.67. The van der Waals surface area contributed by atoms with Gasteiger partial charge in [-0.1, -0.05) is 12.1 Å². The number of ether oxygens (including phenoxy) is 1. The van der Waals surface area contributed by atoms with Gasteiger partial charge in [0.1, 0.15) is 11.8 Å². The highest BCUT2D eigenvalue weighted by molar-refractivity contribution is 5.89. The Morgan fingerprint density at radius 1 is 1.26 bits per heavy atom. The normalized spacial score (nSPS) is 31.7. The van der Waals surface area contributed by atoms with E-state index in [0.29, 0.717) is 18.9 Å². The van der Waals surface area contributed by atoms with Gasteiger partial charge in [0.15, 0.2) is 0 Å². The number of nitrogens with zero attached hydrogens (tertiary/aromatic N) is 1. The maximum atomic E-state index is 13.1. The molecule has 6 nitrogen and oxygen atoms in total. The predicted molar refractivity (Wildman–Crippen MR) is 100 cm³/mol. The summed E-state index contributed by atoms with van der Waals surface area (Å²) in [6.45, 7) is 3.03. The number of hydrogen-bond donors (Lipinski definition) is 2. The summed E-state index contributed by atoms with van der Waals surface area (Å²) in [6, 6.07) is 6.02. The Hall–Kier alpha value is -2.08. The van der Waals surface area contributed by atoms with E-state index in [1.165, 1.54) is 5.56 Å². The number of rotatable bonds is 3. The summed E-state index contributed by atoms with van der Waals surface area (Å²) >= 11 is 0. The maximum Gasteiger partial charge on any atom is 0.243 e. The molecule has 0 aliphatic carbocycles. The molecule has 5 rings (SSSR count). The second-order valence-corrected chi connectivity index (χ2v) is 8.38. The summed E-state index contributed by atoms with van der Waals surface area (Å²) in [5, 5.41) is 6.60. The third-order valence-corrected chi connectivity index (χ3v) is 6.73. The second kappa shape index (κ2) is 6.82. The molecule has 0 radical (unpaired) electrons. The summed E-state index contributed by atoms with van der Waals surface area (Å²) in [6.07, 6.45) is 4.54. The van der Waals surface area contributed by atoms with Crippen molar-refractivity contribution in [1.29, 1.82) is 0 Å². The van der Waals surface area contributed by atoms with E-state index >= 15 is 0 Å². The molecule has 0 saturated carbocycles. The molecule has 2 amide bonds. The molecule has 4 atom stereocenters. The van der Waals surface area contributed by atoms with Crippen molar-refractivity contribution < 1.29 is 14.3 Å². The Morgan fingerprint density at radius 3 is 3.07 bits per heavy atom. The molecule has 4 heterocycles. The van der Waals surface area contributed by atoms with Gasteiger partial charge < -0.3 is 20.3 Å². The Bertz CT molecular complexity index is 765. The van der Waals surface area contributed by atoms with Gasteiger partial charge in [0.25, 0.3) is 0 Å². The number of amides is 2. The molecule has 1 aromatic carbocycles. The molecule has 6 heteroatoms. The van der Waals surface area contributed by atoms with Crippen LogP contribution in [0.2, 0.25) is 0 Å². The van der Waals surface area contributed by atoms with Crippen molar-refractivity contribution in [2.24, 2.45) is 11.8 Å². The Kier molecular flexibility index (Phi) is 4.31. The van der Waals surface area contributed by atoms with Gasteiger partial charge in [0.2, 0.25) is 11.8 Å². The van der Waals surface area contributed by atoms with Gasteiger partial charge in [-0.15, -0.1) is 0 Å². The number of nitrogens with one attached hydrogen (secondary N) is 2. The van der Waals surface area contributed by atoms with E-state index in [2.05, 4.69) is 16.7 Å². The van der Waals surface area contributed by atoms with Crippen molar-refractivity contribution in [3.8, 4) is 5.75 Å². The highest BCUT2D eigenvalue weighted by atomic mass is 16.5. The Labute approximate surface area is 159 Å². The number of fused-ring (bicyclic) bond motifs is 5. The topological polar surface area (TPSA) is 70.7 Å². The fourth-order valence-electron chi connectivity index (χ4n) is 5.49.